The van der Waals surface area contributed by atoms with E-state index < -0.39 is 28.8 Å². The van der Waals surface area contributed by atoms with E-state index in [0.717, 1.165) is 17.5 Å². The number of aromatic nitrogens is 2. The maximum absolute atomic E-state index is 13.1. The molecule has 26 heavy (non-hydrogen) atoms. The quantitative estimate of drug-likeness (QED) is 0.849. The molecule has 1 fully saturated rings. The summed E-state index contributed by atoms with van der Waals surface area (Å²) in [5.74, 6) is -1.96. The molecule has 1 heterocycles. The standard InChI is InChI=1S/C18H18FN3O4/c19-12-3-5-13(6-4-12)22-15(23)8-7-14(21-22)17(26)20-18(11-16(24)25)9-1-2-10-18/h3-8H,1-2,9-11H2,(H,20,26)(H,24,25). The molecule has 8 heteroatoms. The van der Waals surface area contributed by atoms with Gasteiger partial charge in [0, 0.05) is 6.07 Å². The van der Waals surface area contributed by atoms with Gasteiger partial charge >= 0.3 is 5.97 Å². The summed E-state index contributed by atoms with van der Waals surface area (Å²) in [6.45, 7) is 0. The number of benzene rings is 1. The van der Waals surface area contributed by atoms with Gasteiger partial charge < -0.3 is 10.4 Å². The Labute approximate surface area is 148 Å². The summed E-state index contributed by atoms with van der Waals surface area (Å²) >= 11 is 0. The predicted molar refractivity (Wildman–Crippen MR) is 90.7 cm³/mol. The van der Waals surface area contributed by atoms with Crippen LogP contribution in [0.25, 0.3) is 5.69 Å². The third kappa shape index (κ3) is 3.79. The molecule has 7 nitrogen and oxygen atoms in total. The minimum atomic E-state index is -0.976. The largest absolute Gasteiger partial charge is 0.481 e. The van der Waals surface area contributed by atoms with Gasteiger partial charge in [-0.1, -0.05) is 12.8 Å². The van der Waals surface area contributed by atoms with E-state index in [2.05, 4.69) is 10.4 Å². The van der Waals surface area contributed by atoms with Crippen LogP contribution in [0.1, 0.15) is 42.6 Å². The Kier molecular flexibility index (Phi) is 4.83. The highest BCUT2D eigenvalue weighted by Gasteiger charge is 2.37. The molecule has 0 spiro atoms. The molecule has 1 amide bonds. The van der Waals surface area contributed by atoms with Crippen LogP contribution in [0.15, 0.2) is 41.2 Å². The molecule has 0 bridgehead atoms. The van der Waals surface area contributed by atoms with Gasteiger partial charge in [-0.2, -0.15) is 9.78 Å². The Bertz CT molecular complexity index is 886. The van der Waals surface area contributed by atoms with Crippen LogP contribution in [-0.2, 0) is 4.79 Å². The van der Waals surface area contributed by atoms with Crippen LogP contribution in [0.3, 0.4) is 0 Å². The first-order chi connectivity index (χ1) is 12.4. The smallest absolute Gasteiger partial charge is 0.305 e. The Morgan fingerprint density at radius 1 is 1.15 bits per heavy atom. The van der Waals surface area contributed by atoms with Gasteiger partial charge in [-0.15, -0.1) is 0 Å². The van der Waals surface area contributed by atoms with Crippen molar-refractivity contribution < 1.29 is 19.1 Å². The number of carboxylic acid groups (broad SMARTS) is 1. The van der Waals surface area contributed by atoms with E-state index in [0.29, 0.717) is 18.5 Å². The Morgan fingerprint density at radius 3 is 2.42 bits per heavy atom. The summed E-state index contributed by atoms with van der Waals surface area (Å²) < 4.78 is 14.1. The lowest BCUT2D eigenvalue weighted by atomic mass is 9.93. The summed E-state index contributed by atoms with van der Waals surface area (Å²) in [4.78, 5) is 35.8. The molecule has 1 aromatic carbocycles. The SMILES string of the molecule is O=C(O)CC1(NC(=O)c2ccc(=O)n(-c3ccc(F)cc3)n2)CCCC1. The predicted octanol–water partition coefficient (Wildman–Crippen LogP) is 1.89. The summed E-state index contributed by atoms with van der Waals surface area (Å²) in [6, 6.07) is 7.64. The molecule has 3 rings (SSSR count). The van der Waals surface area contributed by atoms with Gasteiger partial charge in [-0.05, 0) is 43.2 Å². The second-order valence-electron chi connectivity index (χ2n) is 6.46. The molecule has 2 N–H and O–H groups in total. The highest BCUT2D eigenvalue weighted by molar-refractivity contribution is 5.93. The Morgan fingerprint density at radius 2 is 1.81 bits per heavy atom. The number of hydrogen-bond donors (Lipinski definition) is 2. The van der Waals surface area contributed by atoms with Gasteiger partial charge in [-0.3, -0.25) is 14.4 Å². The van der Waals surface area contributed by atoms with Crippen molar-refractivity contribution in [3.63, 3.8) is 0 Å². The number of hydrogen-bond acceptors (Lipinski definition) is 4. The number of carbonyl (C=O) groups is 2. The maximum Gasteiger partial charge on any atom is 0.305 e. The van der Waals surface area contributed by atoms with Crippen molar-refractivity contribution in [1.29, 1.82) is 0 Å². The average Bonchev–Trinajstić information content (AvgIpc) is 3.03. The summed E-state index contributed by atoms with van der Waals surface area (Å²) in [5.41, 5.74) is -0.937. The van der Waals surface area contributed by atoms with E-state index in [1.165, 1.54) is 36.4 Å². The average molecular weight is 359 g/mol. The van der Waals surface area contributed by atoms with Crippen LogP contribution in [0.2, 0.25) is 0 Å². The number of nitrogens with zero attached hydrogens (tertiary/aromatic N) is 2. The van der Waals surface area contributed by atoms with Gasteiger partial charge in [0.05, 0.1) is 17.6 Å². The molecule has 0 radical (unpaired) electrons. The van der Waals surface area contributed by atoms with Crippen molar-refractivity contribution in [2.75, 3.05) is 0 Å². The third-order valence-electron chi connectivity index (χ3n) is 4.53. The first kappa shape index (κ1) is 17.8. The van der Waals surface area contributed by atoms with Gasteiger partial charge in [-0.25, -0.2) is 4.39 Å². The summed E-state index contributed by atoms with van der Waals surface area (Å²) in [5, 5.41) is 16.0. The molecule has 136 valence electrons. The zero-order chi connectivity index (χ0) is 18.7. The molecular weight excluding hydrogens is 341 g/mol. The van der Waals surface area contributed by atoms with Crippen molar-refractivity contribution in [2.24, 2.45) is 0 Å². The highest BCUT2D eigenvalue weighted by Crippen LogP contribution is 2.32. The van der Waals surface area contributed by atoms with Crippen LogP contribution in [0.5, 0.6) is 0 Å². The topological polar surface area (TPSA) is 101 Å². The van der Waals surface area contributed by atoms with Gasteiger partial charge in [0.15, 0.2) is 0 Å². The lowest BCUT2D eigenvalue weighted by molar-refractivity contribution is -0.138. The number of carbonyl (C=O) groups excluding carboxylic acids is 1. The van der Waals surface area contributed by atoms with Gasteiger partial charge in [0.25, 0.3) is 11.5 Å². The molecule has 0 aliphatic heterocycles. The molecule has 1 aliphatic carbocycles. The fraction of sp³-hybridized carbons (Fsp3) is 0.333. The maximum atomic E-state index is 13.1. The fourth-order valence-corrected chi connectivity index (χ4v) is 3.29. The number of halogens is 1. The van der Waals surface area contributed by atoms with Crippen LogP contribution in [-0.4, -0.2) is 32.3 Å². The molecule has 1 aromatic heterocycles. The van der Waals surface area contributed by atoms with Gasteiger partial charge in [0.2, 0.25) is 0 Å². The first-order valence-corrected chi connectivity index (χ1v) is 8.29. The van der Waals surface area contributed by atoms with Crippen molar-refractivity contribution in [3.8, 4) is 5.69 Å². The van der Waals surface area contributed by atoms with E-state index in [-0.39, 0.29) is 12.1 Å². The van der Waals surface area contributed by atoms with E-state index in [9.17, 15) is 18.8 Å². The van der Waals surface area contributed by atoms with Crippen molar-refractivity contribution >= 4 is 11.9 Å². The monoisotopic (exact) mass is 359 g/mol. The Balaban J connectivity index is 1.88. The number of carboxylic acids is 1. The van der Waals surface area contributed by atoms with Crippen LogP contribution in [0, 0.1) is 5.82 Å². The lowest BCUT2D eigenvalue weighted by Gasteiger charge is -2.28. The van der Waals surface area contributed by atoms with Crippen molar-refractivity contribution in [2.45, 2.75) is 37.6 Å². The zero-order valence-corrected chi connectivity index (χ0v) is 13.9. The minimum Gasteiger partial charge on any atom is -0.481 e. The molecule has 0 unspecified atom stereocenters. The summed E-state index contributed by atoms with van der Waals surface area (Å²) in [6.07, 6.45) is 2.70. The number of rotatable bonds is 5. The van der Waals surface area contributed by atoms with E-state index >= 15 is 0 Å². The van der Waals surface area contributed by atoms with Crippen LogP contribution >= 0.6 is 0 Å². The van der Waals surface area contributed by atoms with E-state index in [4.69, 9.17) is 5.11 Å². The van der Waals surface area contributed by atoms with E-state index in [1.807, 2.05) is 0 Å². The molecule has 1 saturated carbocycles. The van der Waals surface area contributed by atoms with E-state index in [1.54, 1.807) is 0 Å². The second kappa shape index (κ2) is 7.07. The third-order valence-corrected chi connectivity index (χ3v) is 4.53. The molecule has 1 aliphatic rings. The number of nitrogens with one attached hydrogen (secondary N) is 1. The number of amides is 1. The molecule has 0 saturated heterocycles. The van der Waals surface area contributed by atoms with Gasteiger partial charge in [0.1, 0.15) is 11.5 Å². The normalized spacial score (nSPS) is 15.6. The number of aliphatic carboxylic acids is 1. The van der Waals surface area contributed by atoms with Crippen molar-refractivity contribution in [1.82, 2.24) is 15.1 Å². The highest BCUT2D eigenvalue weighted by atomic mass is 19.1. The zero-order valence-electron chi connectivity index (χ0n) is 13.9. The van der Waals surface area contributed by atoms with Crippen LogP contribution < -0.4 is 10.9 Å². The van der Waals surface area contributed by atoms with Crippen LogP contribution in [0.4, 0.5) is 4.39 Å². The van der Waals surface area contributed by atoms with Crippen molar-refractivity contribution in [3.05, 3.63) is 58.3 Å². The fourth-order valence-electron chi connectivity index (χ4n) is 3.29. The summed E-state index contributed by atoms with van der Waals surface area (Å²) in [7, 11) is 0. The molecule has 2 aromatic rings. The Hall–Kier alpha value is -3.03. The molecule has 0 atom stereocenters. The minimum absolute atomic E-state index is 0.00871. The molecular formula is C18H18FN3O4. The lowest BCUT2D eigenvalue weighted by Crippen LogP contribution is -2.48. The first-order valence-electron chi connectivity index (χ1n) is 8.29. The second-order valence-corrected chi connectivity index (χ2v) is 6.46.